The predicted octanol–water partition coefficient (Wildman–Crippen LogP) is 2.28. The van der Waals surface area contributed by atoms with Crippen LogP contribution in [0.4, 0.5) is 4.79 Å². The third kappa shape index (κ3) is 7.20. The van der Waals surface area contributed by atoms with Crippen molar-refractivity contribution in [1.29, 1.82) is 0 Å². The summed E-state index contributed by atoms with van der Waals surface area (Å²) in [6, 6.07) is 0. The molecule has 0 aromatic carbocycles. The molecule has 0 radical (unpaired) electrons. The number of nitrogens with zero attached hydrogens (tertiary/aromatic N) is 1. The summed E-state index contributed by atoms with van der Waals surface area (Å²) in [7, 11) is 1.39. The minimum Gasteiger partial charge on any atom is -0.469 e. The van der Waals surface area contributed by atoms with Crippen LogP contribution in [-0.2, 0) is 14.3 Å². The number of ether oxygens (including phenoxy) is 2. The minimum atomic E-state index is -0.541. The van der Waals surface area contributed by atoms with Gasteiger partial charge in [0.05, 0.1) is 13.0 Å². The van der Waals surface area contributed by atoms with E-state index in [1.807, 2.05) is 20.8 Å². The molecule has 6 nitrogen and oxygen atoms in total. The first kappa shape index (κ1) is 19.7. The normalized spacial score (nSPS) is 22.1. The smallest absolute Gasteiger partial charge is 0.410 e. The minimum absolute atomic E-state index is 0.221. The number of likely N-dealkylation sites (tertiary alicyclic amines) is 1. The van der Waals surface area contributed by atoms with Gasteiger partial charge in [-0.15, -0.1) is 0 Å². The quantitative estimate of drug-likeness (QED) is 0.784. The first-order valence-corrected chi connectivity index (χ1v) is 8.38. The standard InChI is InChI=1S/C17H32N2O4/c1-12(2)8-18-9-13-7-14(15(20)22-6)11-19(10-13)16(21)23-17(3,4)5/h12-14,18H,7-11H2,1-6H3/t13-,14?/m1/s1. The molecule has 0 aromatic heterocycles. The van der Waals surface area contributed by atoms with E-state index in [0.717, 1.165) is 19.5 Å². The zero-order valence-corrected chi connectivity index (χ0v) is 15.3. The lowest BCUT2D eigenvalue weighted by molar-refractivity contribution is -0.147. The highest BCUT2D eigenvalue weighted by atomic mass is 16.6. The Hall–Kier alpha value is -1.30. The van der Waals surface area contributed by atoms with E-state index in [1.165, 1.54) is 7.11 Å². The van der Waals surface area contributed by atoms with Crippen LogP contribution in [0, 0.1) is 17.8 Å². The van der Waals surface area contributed by atoms with Crippen LogP contribution in [0.5, 0.6) is 0 Å². The first-order chi connectivity index (χ1) is 10.6. The fourth-order valence-electron chi connectivity index (χ4n) is 2.74. The monoisotopic (exact) mass is 328 g/mol. The maximum Gasteiger partial charge on any atom is 0.410 e. The van der Waals surface area contributed by atoms with Crippen LogP contribution in [-0.4, -0.2) is 55.9 Å². The summed E-state index contributed by atoms with van der Waals surface area (Å²) in [5, 5.41) is 3.41. The number of rotatable bonds is 5. The molecule has 0 saturated carbocycles. The Kier molecular flexibility index (Phi) is 7.32. The van der Waals surface area contributed by atoms with E-state index in [4.69, 9.17) is 9.47 Å². The van der Waals surface area contributed by atoms with E-state index in [0.29, 0.717) is 19.0 Å². The largest absolute Gasteiger partial charge is 0.469 e. The van der Waals surface area contributed by atoms with Gasteiger partial charge in [0.1, 0.15) is 5.60 Å². The number of carbonyl (C=O) groups excluding carboxylic acids is 2. The molecule has 134 valence electrons. The molecule has 1 rings (SSSR count). The summed E-state index contributed by atoms with van der Waals surface area (Å²) in [6.07, 6.45) is 0.372. The molecular formula is C17H32N2O4. The van der Waals surface area contributed by atoms with E-state index in [2.05, 4.69) is 19.2 Å². The molecule has 1 aliphatic rings. The maximum atomic E-state index is 12.3. The van der Waals surface area contributed by atoms with Crippen molar-refractivity contribution in [3.05, 3.63) is 0 Å². The molecule has 1 unspecified atom stereocenters. The Bertz CT molecular complexity index is 404. The third-order valence-corrected chi connectivity index (χ3v) is 3.71. The lowest BCUT2D eigenvalue weighted by atomic mass is 9.89. The van der Waals surface area contributed by atoms with E-state index in [-0.39, 0.29) is 23.9 Å². The molecular weight excluding hydrogens is 296 g/mol. The third-order valence-electron chi connectivity index (χ3n) is 3.71. The highest BCUT2D eigenvalue weighted by Gasteiger charge is 2.36. The number of amides is 1. The number of hydrogen-bond acceptors (Lipinski definition) is 5. The highest BCUT2D eigenvalue weighted by molar-refractivity contribution is 5.75. The van der Waals surface area contributed by atoms with Crippen LogP contribution in [0.3, 0.4) is 0 Å². The second-order valence-corrected chi connectivity index (χ2v) is 7.76. The number of carbonyl (C=O) groups is 2. The van der Waals surface area contributed by atoms with Crippen LogP contribution in [0.1, 0.15) is 41.0 Å². The second-order valence-electron chi connectivity index (χ2n) is 7.76. The fraction of sp³-hybridized carbons (Fsp3) is 0.882. The van der Waals surface area contributed by atoms with Crippen molar-refractivity contribution in [3.63, 3.8) is 0 Å². The molecule has 0 spiro atoms. The number of nitrogens with one attached hydrogen (secondary N) is 1. The van der Waals surface area contributed by atoms with Crippen molar-refractivity contribution in [2.75, 3.05) is 33.3 Å². The topological polar surface area (TPSA) is 67.9 Å². The van der Waals surface area contributed by atoms with Crippen molar-refractivity contribution in [2.24, 2.45) is 17.8 Å². The van der Waals surface area contributed by atoms with Crippen LogP contribution in [0.25, 0.3) is 0 Å². The first-order valence-electron chi connectivity index (χ1n) is 8.38. The van der Waals surface area contributed by atoms with Gasteiger partial charge in [-0.3, -0.25) is 4.79 Å². The van der Waals surface area contributed by atoms with Crippen molar-refractivity contribution in [1.82, 2.24) is 10.2 Å². The van der Waals surface area contributed by atoms with Gasteiger partial charge in [0.2, 0.25) is 0 Å². The van der Waals surface area contributed by atoms with Gasteiger partial charge in [-0.05, 0) is 52.1 Å². The summed E-state index contributed by atoms with van der Waals surface area (Å²) in [5.41, 5.74) is -0.541. The van der Waals surface area contributed by atoms with E-state index < -0.39 is 5.60 Å². The summed E-state index contributed by atoms with van der Waals surface area (Å²) >= 11 is 0. The average Bonchev–Trinajstić information content (AvgIpc) is 2.44. The van der Waals surface area contributed by atoms with Crippen molar-refractivity contribution >= 4 is 12.1 Å². The van der Waals surface area contributed by atoms with Crippen LogP contribution < -0.4 is 5.32 Å². The number of methoxy groups -OCH3 is 1. The molecule has 1 aliphatic heterocycles. The molecule has 1 heterocycles. The molecule has 1 amide bonds. The lowest BCUT2D eigenvalue weighted by Crippen LogP contribution is -2.50. The zero-order chi connectivity index (χ0) is 17.6. The second kappa shape index (κ2) is 8.52. The zero-order valence-electron chi connectivity index (χ0n) is 15.3. The van der Waals surface area contributed by atoms with Crippen LogP contribution in [0.15, 0.2) is 0 Å². The predicted molar refractivity (Wildman–Crippen MR) is 89.1 cm³/mol. The van der Waals surface area contributed by atoms with Gasteiger partial charge in [0.15, 0.2) is 0 Å². The van der Waals surface area contributed by atoms with Crippen molar-refractivity contribution in [2.45, 2.75) is 46.6 Å². The summed E-state index contributed by atoms with van der Waals surface area (Å²) in [5.74, 6) is 0.246. The van der Waals surface area contributed by atoms with Crippen molar-refractivity contribution in [3.8, 4) is 0 Å². The fourth-order valence-corrected chi connectivity index (χ4v) is 2.74. The molecule has 1 saturated heterocycles. The van der Waals surface area contributed by atoms with Gasteiger partial charge in [0.25, 0.3) is 0 Å². The van der Waals surface area contributed by atoms with E-state index in [9.17, 15) is 9.59 Å². The van der Waals surface area contributed by atoms with Crippen LogP contribution in [0.2, 0.25) is 0 Å². The molecule has 1 N–H and O–H groups in total. The van der Waals surface area contributed by atoms with E-state index in [1.54, 1.807) is 4.90 Å². The Morgan fingerprint density at radius 1 is 1.26 bits per heavy atom. The van der Waals surface area contributed by atoms with Gasteiger partial charge >= 0.3 is 12.1 Å². The Morgan fingerprint density at radius 3 is 2.43 bits per heavy atom. The molecule has 0 aromatic rings. The van der Waals surface area contributed by atoms with Gasteiger partial charge < -0.3 is 19.7 Å². The molecule has 0 bridgehead atoms. The van der Waals surface area contributed by atoms with Gasteiger partial charge in [-0.25, -0.2) is 4.79 Å². The molecule has 1 fully saturated rings. The summed E-state index contributed by atoms with van der Waals surface area (Å²) in [4.78, 5) is 25.9. The molecule has 2 atom stereocenters. The highest BCUT2D eigenvalue weighted by Crippen LogP contribution is 2.24. The van der Waals surface area contributed by atoms with Gasteiger partial charge in [-0.2, -0.15) is 0 Å². The summed E-state index contributed by atoms with van der Waals surface area (Å²) in [6.45, 7) is 12.5. The SMILES string of the molecule is COC(=O)C1C[C@H](CNCC(C)C)CN(C(=O)OC(C)(C)C)C1. The lowest BCUT2D eigenvalue weighted by Gasteiger charge is -2.37. The number of piperidine rings is 1. The van der Waals surface area contributed by atoms with E-state index >= 15 is 0 Å². The van der Waals surface area contributed by atoms with Crippen molar-refractivity contribution < 1.29 is 19.1 Å². The molecule has 23 heavy (non-hydrogen) atoms. The van der Waals surface area contributed by atoms with Gasteiger partial charge in [0, 0.05) is 13.1 Å². The number of hydrogen-bond donors (Lipinski definition) is 1. The Morgan fingerprint density at radius 2 is 1.91 bits per heavy atom. The Labute approximate surface area is 139 Å². The summed E-state index contributed by atoms with van der Waals surface area (Å²) < 4.78 is 10.3. The number of esters is 1. The molecule has 0 aliphatic carbocycles. The maximum absolute atomic E-state index is 12.3. The average molecular weight is 328 g/mol. The van der Waals surface area contributed by atoms with Gasteiger partial charge in [-0.1, -0.05) is 13.8 Å². The van der Waals surface area contributed by atoms with Crippen LogP contribution >= 0.6 is 0 Å². The Balaban J connectivity index is 2.69. The molecule has 6 heteroatoms.